The number of aryl methyl sites for hydroxylation is 1. The number of hydroxylamine groups is 1. The number of carbonyl (C=O) groups is 1. The number of benzene rings is 4. The Morgan fingerprint density at radius 2 is 1.56 bits per heavy atom. The Kier molecular flexibility index (Phi) is 10.2. The van der Waals surface area contributed by atoms with Crippen molar-refractivity contribution in [3.63, 3.8) is 0 Å². The van der Waals surface area contributed by atoms with Crippen LogP contribution in [0.5, 0.6) is 11.5 Å². The SMILES string of the molecule is COc1cc(Nc2nc3ccccc3nc2N(c2cccc(NC(=O)CNOCc3ccc(C)cc3)c2)S(=O)O)cc(OC)c1. The first-order valence-corrected chi connectivity index (χ1v) is 14.9. The Morgan fingerprint density at radius 3 is 2.22 bits per heavy atom. The molecule has 1 aromatic heterocycles. The molecule has 0 bridgehead atoms. The van der Waals surface area contributed by atoms with Crippen molar-refractivity contribution < 1.29 is 27.9 Å². The molecule has 0 saturated carbocycles. The number of para-hydroxylation sites is 2. The van der Waals surface area contributed by atoms with E-state index in [2.05, 4.69) is 16.1 Å². The lowest BCUT2D eigenvalue weighted by Gasteiger charge is -2.23. The van der Waals surface area contributed by atoms with E-state index in [4.69, 9.17) is 24.3 Å². The molecule has 0 spiro atoms. The minimum atomic E-state index is -2.58. The average Bonchev–Trinajstić information content (AvgIpc) is 3.04. The molecule has 1 atom stereocenters. The van der Waals surface area contributed by atoms with Crippen LogP contribution < -0.4 is 29.9 Å². The zero-order valence-electron chi connectivity index (χ0n) is 24.8. The van der Waals surface area contributed by atoms with Gasteiger partial charge in [-0.2, -0.15) is 5.48 Å². The maximum absolute atomic E-state index is 12.9. The van der Waals surface area contributed by atoms with Crippen molar-refractivity contribution in [2.24, 2.45) is 0 Å². The number of hydrogen-bond donors (Lipinski definition) is 4. The molecule has 0 aliphatic heterocycles. The normalized spacial score (nSPS) is 11.6. The quantitative estimate of drug-likeness (QED) is 0.0734. The van der Waals surface area contributed by atoms with Crippen molar-refractivity contribution in [2.45, 2.75) is 13.5 Å². The smallest absolute Gasteiger partial charge is 0.268 e. The topological polar surface area (TPSA) is 147 Å². The number of methoxy groups -OCH3 is 2. The predicted molar refractivity (Wildman–Crippen MR) is 174 cm³/mol. The van der Waals surface area contributed by atoms with E-state index in [1.54, 1.807) is 60.7 Å². The minimum absolute atomic E-state index is 0.0750. The van der Waals surface area contributed by atoms with Gasteiger partial charge in [0.05, 0.1) is 37.5 Å². The van der Waals surface area contributed by atoms with Crippen LogP contribution in [0.2, 0.25) is 0 Å². The Hall–Kier alpha value is -5.08. The fourth-order valence-corrected chi connectivity index (χ4v) is 4.94. The summed E-state index contributed by atoms with van der Waals surface area (Å²) in [5, 5.41) is 5.97. The lowest BCUT2D eigenvalue weighted by atomic mass is 10.2. The lowest BCUT2D eigenvalue weighted by Crippen LogP contribution is -2.28. The highest BCUT2D eigenvalue weighted by Gasteiger charge is 2.23. The number of nitrogens with zero attached hydrogens (tertiary/aromatic N) is 3. The standard InChI is InChI=1S/C32H32N6O6S/c1-21-11-13-22(14-12-21)20-44-33-19-30(39)34-23-7-6-8-25(15-23)38(45(40)41)32-31(36-28-9-4-5-10-29(28)37-32)35-24-16-26(42-2)18-27(17-24)43-3/h4-18,33H,19-20H2,1-3H3,(H,34,39)(H,35,36)(H,40,41). The number of anilines is 5. The summed E-state index contributed by atoms with van der Waals surface area (Å²) in [6.07, 6.45) is 0. The highest BCUT2D eigenvalue weighted by molar-refractivity contribution is 7.81. The van der Waals surface area contributed by atoms with Crippen LogP contribution in [0.3, 0.4) is 0 Å². The molecular weight excluding hydrogens is 596 g/mol. The fourth-order valence-electron chi connectivity index (χ4n) is 4.37. The summed E-state index contributed by atoms with van der Waals surface area (Å²) < 4.78 is 35.3. The van der Waals surface area contributed by atoms with Gasteiger partial charge in [-0.15, -0.1) is 0 Å². The lowest BCUT2D eigenvalue weighted by molar-refractivity contribution is -0.118. The summed E-state index contributed by atoms with van der Waals surface area (Å²) in [6.45, 7) is 2.19. The molecule has 12 nitrogen and oxygen atoms in total. The van der Waals surface area contributed by atoms with E-state index in [1.165, 1.54) is 14.2 Å². The van der Waals surface area contributed by atoms with Crippen LogP contribution in [0.15, 0.2) is 91.0 Å². The van der Waals surface area contributed by atoms with Crippen molar-refractivity contribution in [1.82, 2.24) is 15.4 Å². The molecule has 0 radical (unpaired) electrons. The molecular formula is C32H32N6O6S. The molecule has 232 valence electrons. The Bertz CT molecular complexity index is 1800. The third-order valence-electron chi connectivity index (χ3n) is 6.57. The number of ether oxygens (including phenoxy) is 2. The Morgan fingerprint density at radius 1 is 0.867 bits per heavy atom. The molecule has 5 rings (SSSR count). The van der Waals surface area contributed by atoms with Crippen LogP contribution in [0.4, 0.5) is 28.7 Å². The highest BCUT2D eigenvalue weighted by Crippen LogP contribution is 2.36. The largest absolute Gasteiger partial charge is 0.497 e. The van der Waals surface area contributed by atoms with Gasteiger partial charge in [0.15, 0.2) is 11.6 Å². The molecule has 0 aliphatic rings. The summed E-state index contributed by atoms with van der Waals surface area (Å²) >= 11 is -2.58. The van der Waals surface area contributed by atoms with Crippen molar-refractivity contribution in [1.29, 1.82) is 0 Å². The van der Waals surface area contributed by atoms with Gasteiger partial charge in [0.1, 0.15) is 18.0 Å². The molecule has 1 amide bonds. The monoisotopic (exact) mass is 628 g/mol. The molecule has 45 heavy (non-hydrogen) atoms. The van der Waals surface area contributed by atoms with Gasteiger partial charge in [-0.3, -0.25) is 14.2 Å². The second kappa shape index (κ2) is 14.6. The first-order chi connectivity index (χ1) is 21.8. The third-order valence-corrected chi connectivity index (χ3v) is 7.27. The molecule has 1 unspecified atom stereocenters. The second-order valence-corrected chi connectivity index (χ2v) is 10.7. The van der Waals surface area contributed by atoms with Gasteiger partial charge >= 0.3 is 0 Å². The summed E-state index contributed by atoms with van der Waals surface area (Å²) in [6, 6.07) is 26.8. The van der Waals surface area contributed by atoms with Crippen molar-refractivity contribution in [3.05, 3.63) is 102 Å². The van der Waals surface area contributed by atoms with E-state index in [9.17, 15) is 13.6 Å². The molecule has 4 aromatic carbocycles. The molecule has 5 aromatic rings. The van der Waals surface area contributed by atoms with Gasteiger partial charge in [0, 0.05) is 29.6 Å². The molecule has 0 saturated heterocycles. The molecule has 4 N–H and O–H groups in total. The zero-order valence-corrected chi connectivity index (χ0v) is 25.6. The second-order valence-electron chi connectivity index (χ2n) is 9.83. The maximum Gasteiger partial charge on any atom is 0.268 e. The van der Waals surface area contributed by atoms with E-state index in [0.29, 0.717) is 40.5 Å². The first kappa shape index (κ1) is 31.3. The number of amides is 1. The molecule has 13 heteroatoms. The first-order valence-electron chi connectivity index (χ1n) is 13.8. The minimum Gasteiger partial charge on any atom is -0.497 e. The number of fused-ring (bicyclic) bond motifs is 1. The van der Waals surface area contributed by atoms with Crippen LogP contribution in [-0.2, 0) is 27.5 Å². The number of nitrogens with one attached hydrogen (secondary N) is 3. The average molecular weight is 629 g/mol. The van der Waals surface area contributed by atoms with E-state index in [-0.39, 0.29) is 29.8 Å². The van der Waals surface area contributed by atoms with Crippen LogP contribution in [0, 0.1) is 6.92 Å². The highest BCUT2D eigenvalue weighted by atomic mass is 32.2. The summed E-state index contributed by atoms with van der Waals surface area (Å²) in [4.78, 5) is 27.5. The molecule has 0 aliphatic carbocycles. The van der Waals surface area contributed by atoms with E-state index in [0.717, 1.165) is 15.4 Å². The Balaban J connectivity index is 1.38. The van der Waals surface area contributed by atoms with Crippen LogP contribution in [0.1, 0.15) is 11.1 Å². The number of hydrogen-bond acceptors (Lipinski definition) is 9. The number of aromatic nitrogens is 2. The third kappa shape index (κ3) is 8.10. The van der Waals surface area contributed by atoms with E-state index in [1.807, 2.05) is 37.3 Å². The van der Waals surface area contributed by atoms with Gasteiger partial charge in [-0.25, -0.2) is 18.5 Å². The maximum atomic E-state index is 12.9. The predicted octanol–water partition coefficient (Wildman–Crippen LogP) is 5.63. The van der Waals surface area contributed by atoms with Crippen molar-refractivity contribution in [2.75, 3.05) is 35.7 Å². The van der Waals surface area contributed by atoms with Crippen LogP contribution >= 0.6 is 0 Å². The number of rotatable bonds is 13. The van der Waals surface area contributed by atoms with Crippen LogP contribution in [-0.4, -0.2) is 45.4 Å². The Labute approximate surface area is 262 Å². The van der Waals surface area contributed by atoms with E-state index >= 15 is 0 Å². The number of carbonyl (C=O) groups excluding carboxylic acids is 1. The van der Waals surface area contributed by atoms with Gasteiger partial charge in [-0.1, -0.05) is 48.0 Å². The summed E-state index contributed by atoms with van der Waals surface area (Å²) in [7, 11) is 3.08. The summed E-state index contributed by atoms with van der Waals surface area (Å²) in [5.74, 6) is 0.982. The fraction of sp³-hybridized carbons (Fsp3) is 0.156. The van der Waals surface area contributed by atoms with Crippen LogP contribution in [0.25, 0.3) is 11.0 Å². The van der Waals surface area contributed by atoms with Gasteiger partial charge in [-0.05, 0) is 42.8 Å². The molecule has 1 heterocycles. The zero-order chi connectivity index (χ0) is 31.8. The molecule has 0 fully saturated rings. The van der Waals surface area contributed by atoms with Gasteiger partial charge in [0.25, 0.3) is 11.3 Å². The van der Waals surface area contributed by atoms with Gasteiger partial charge in [0.2, 0.25) is 5.91 Å². The van der Waals surface area contributed by atoms with Gasteiger partial charge < -0.3 is 20.1 Å². The van der Waals surface area contributed by atoms with Crippen molar-refractivity contribution >= 4 is 56.9 Å². The van der Waals surface area contributed by atoms with Crippen molar-refractivity contribution in [3.8, 4) is 11.5 Å². The summed E-state index contributed by atoms with van der Waals surface area (Å²) in [5.41, 5.74) is 7.09. The van der Waals surface area contributed by atoms with E-state index < -0.39 is 11.3 Å².